The summed E-state index contributed by atoms with van der Waals surface area (Å²) in [6.07, 6.45) is 7.50. The smallest absolute Gasteiger partial charge is 0.0951 e. The monoisotopic (exact) mass is 193 g/mol. The molecule has 0 aliphatic carbocycles. The van der Waals surface area contributed by atoms with E-state index in [1.807, 2.05) is 18.6 Å². The van der Waals surface area contributed by atoms with Crippen molar-refractivity contribution in [3.63, 3.8) is 0 Å². The molecule has 0 amide bonds. The van der Waals surface area contributed by atoms with Gasteiger partial charge >= 0.3 is 0 Å². The molecule has 0 bridgehead atoms. The van der Waals surface area contributed by atoms with Crippen molar-refractivity contribution in [2.75, 3.05) is 0 Å². The highest BCUT2D eigenvalue weighted by Gasteiger charge is 2.12. The van der Waals surface area contributed by atoms with Crippen LogP contribution in [0.4, 0.5) is 0 Å². The predicted octanol–water partition coefficient (Wildman–Crippen LogP) is 2.43. The molecule has 0 aliphatic heterocycles. The van der Waals surface area contributed by atoms with E-state index in [1.165, 1.54) is 0 Å². The van der Waals surface area contributed by atoms with E-state index in [0.717, 1.165) is 18.5 Å². The number of hydrogen-bond donors (Lipinski definition) is 1. The first kappa shape index (κ1) is 11.0. The molecule has 1 rings (SSSR count). The number of allylic oxidation sites excluding steroid dienone is 1. The Morgan fingerprint density at radius 2 is 2.43 bits per heavy atom. The van der Waals surface area contributed by atoms with E-state index in [-0.39, 0.29) is 6.04 Å². The maximum Gasteiger partial charge on any atom is 0.0951 e. The minimum Gasteiger partial charge on any atom is -0.330 e. The zero-order valence-electron chi connectivity index (χ0n) is 8.98. The van der Waals surface area contributed by atoms with Crippen molar-refractivity contribution in [1.82, 2.24) is 9.55 Å². The maximum atomic E-state index is 5.99. The van der Waals surface area contributed by atoms with E-state index < -0.39 is 0 Å². The van der Waals surface area contributed by atoms with Crippen molar-refractivity contribution in [3.05, 3.63) is 30.9 Å². The number of rotatable bonds is 5. The van der Waals surface area contributed by atoms with Crippen LogP contribution in [0.25, 0.3) is 0 Å². The second-order valence-corrected chi connectivity index (χ2v) is 3.61. The van der Waals surface area contributed by atoms with Gasteiger partial charge in [0, 0.05) is 18.3 Å². The third kappa shape index (κ3) is 2.23. The molecule has 0 fully saturated rings. The van der Waals surface area contributed by atoms with Crippen molar-refractivity contribution >= 4 is 0 Å². The van der Waals surface area contributed by atoms with E-state index in [2.05, 4.69) is 30.0 Å². The van der Waals surface area contributed by atoms with Gasteiger partial charge in [0.2, 0.25) is 0 Å². The molecule has 3 heteroatoms. The molecule has 3 nitrogen and oxygen atoms in total. The number of aromatic nitrogens is 2. The molecule has 1 heterocycles. The zero-order chi connectivity index (χ0) is 10.6. The topological polar surface area (TPSA) is 43.8 Å². The lowest BCUT2D eigenvalue weighted by atomic mass is 10.1. The highest BCUT2D eigenvalue weighted by atomic mass is 15.1. The van der Waals surface area contributed by atoms with Gasteiger partial charge in [-0.3, -0.25) is 0 Å². The van der Waals surface area contributed by atoms with E-state index >= 15 is 0 Å². The highest BCUT2D eigenvalue weighted by Crippen LogP contribution is 2.19. The minimum atomic E-state index is 0.0877. The zero-order valence-corrected chi connectivity index (χ0v) is 8.98. The molecule has 0 aliphatic rings. The van der Waals surface area contributed by atoms with E-state index in [4.69, 9.17) is 5.73 Å². The lowest BCUT2D eigenvalue weighted by molar-refractivity contribution is 0.506. The SMILES string of the molecule is C=CCC(C)n1cncc1[C@H](N)CC. The average molecular weight is 193 g/mol. The molecule has 1 unspecified atom stereocenters. The van der Waals surface area contributed by atoms with Crippen molar-refractivity contribution in [2.45, 2.75) is 38.8 Å². The minimum absolute atomic E-state index is 0.0877. The van der Waals surface area contributed by atoms with E-state index in [9.17, 15) is 0 Å². The Kier molecular flexibility index (Phi) is 3.89. The Bertz CT molecular complexity index is 290. The highest BCUT2D eigenvalue weighted by molar-refractivity contribution is 5.06. The summed E-state index contributed by atoms with van der Waals surface area (Å²) in [6.45, 7) is 7.97. The van der Waals surface area contributed by atoms with Crippen molar-refractivity contribution in [3.8, 4) is 0 Å². The van der Waals surface area contributed by atoms with Gasteiger partial charge in [0.15, 0.2) is 0 Å². The molecular weight excluding hydrogens is 174 g/mol. The summed E-state index contributed by atoms with van der Waals surface area (Å²) in [5.41, 5.74) is 7.10. The van der Waals surface area contributed by atoms with Gasteiger partial charge in [-0.15, -0.1) is 6.58 Å². The molecule has 0 spiro atoms. The Morgan fingerprint density at radius 3 is 3.00 bits per heavy atom. The van der Waals surface area contributed by atoms with Gasteiger partial charge in [0.25, 0.3) is 0 Å². The van der Waals surface area contributed by atoms with E-state index in [0.29, 0.717) is 6.04 Å². The van der Waals surface area contributed by atoms with Crippen LogP contribution in [-0.2, 0) is 0 Å². The largest absolute Gasteiger partial charge is 0.330 e. The molecule has 2 N–H and O–H groups in total. The second-order valence-electron chi connectivity index (χ2n) is 3.61. The molecular formula is C11H19N3. The lowest BCUT2D eigenvalue weighted by Crippen LogP contribution is -2.16. The van der Waals surface area contributed by atoms with Crippen LogP contribution in [0, 0.1) is 0 Å². The third-order valence-electron chi connectivity index (χ3n) is 2.50. The first-order valence-electron chi connectivity index (χ1n) is 5.08. The fraction of sp³-hybridized carbons (Fsp3) is 0.545. The first-order valence-corrected chi connectivity index (χ1v) is 5.08. The fourth-order valence-electron chi connectivity index (χ4n) is 1.53. The number of imidazole rings is 1. The summed E-state index contributed by atoms with van der Waals surface area (Å²) in [4.78, 5) is 4.14. The van der Waals surface area contributed by atoms with Crippen LogP contribution in [0.5, 0.6) is 0 Å². The van der Waals surface area contributed by atoms with Crippen LogP contribution in [0.15, 0.2) is 25.2 Å². The predicted molar refractivity (Wildman–Crippen MR) is 59.0 cm³/mol. The normalized spacial score (nSPS) is 15.1. The van der Waals surface area contributed by atoms with Crippen LogP contribution in [-0.4, -0.2) is 9.55 Å². The maximum absolute atomic E-state index is 5.99. The third-order valence-corrected chi connectivity index (χ3v) is 2.50. The Balaban J connectivity index is 2.85. The van der Waals surface area contributed by atoms with Gasteiger partial charge in [0.05, 0.1) is 12.0 Å². The number of nitrogens with zero attached hydrogens (tertiary/aromatic N) is 2. The number of nitrogens with two attached hydrogens (primary N) is 1. The molecule has 0 aromatic carbocycles. The molecule has 1 aromatic heterocycles. The van der Waals surface area contributed by atoms with Gasteiger partial charge in [-0.05, 0) is 19.8 Å². The van der Waals surface area contributed by atoms with E-state index in [1.54, 1.807) is 0 Å². The van der Waals surface area contributed by atoms with Crippen LogP contribution in [0.2, 0.25) is 0 Å². The molecule has 1 aromatic rings. The molecule has 78 valence electrons. The van der Waals surface area contributed by atoms with Crippen LogP contribution < -0.4 is 5.73 Å². The van der Waals surface area contributed by atoms with Gasteiger partial charge in [-0.1, -0.05) is 13.0 Å². The lowest BCUT2D eigenvalue weighted by Gasteiger charge is -2.17. The van der Waals surface area contributed by atoms with Crippen LogP contribution in [0.1, 0.15) is 44.5 Å². The summed E-state index contributed by atoms with van der Waals surface area (Å²) in [5.74, 6) is 0. The standard InChI is InChI=1S/C11H19N3/c1-4-6-9(3)14-8-13-7-11(14)10(12)5-2/h4,7-10H,1,5-6,12H2,2-3H3/t9?,10-/m1/s1. The average Bonchev–Trinajstić information content (AvgIpc) is 2.65. The summed E-state index contributed by atoms with van der Waals surface area (Å²) in [7, 11) is 0. The first-order chi connectivity index (χ1) is 6.70. The summed E-state index contributed by atoms with van der Waals surface area (Å²) in [5, 5.41) is 0. The molecule has 0 saturated carbocycles. The second kappa shape index (κ2) is 4.96. The summed E-state index contributed by atoms with van der Waals surface area (Å²) >= 11 is 0. The Hall–Kier alpha value is -1.09. The van der Waals surface area contributed by atoms with Crippen molar-refractivity contribution < 1.29 is 0 Å². The number of hydrogen-bond acceptors (Lipinski definition) is 2. The Labute approximate surface area is 85.6 Å². The molecule has 14 heavy (non-hydrogen) atoms. The molecule has 2 atom stereocenters. The van der Waals surface area contributed by atoms with Crippen LogP contribution >= 0.6 is 0 Å². The van der Waals surface area contributed by atoms with Gasteiger partial charge in [0.1, 0.15) is 0 Å². The summed E-state index contributed by atoms with van der Waals surface area (Å²) < 4.78 is 2.13. The van der Waals surface area contributed by atoms with Gasteiger partial charge in [-0.2, -0.15) is 0 Å². The summed E-state index contributed by atoms with van der Waals surface area (Å²) in [6, 6.07) is 0.479. The quantitative estimate of drug-likeness (QED) is 0.730. The van der Waals surface area contributed by atoms with Gasteiger partial charge in [-0.25, -0.2) is 4.98 Å². The molecule has 0 radical (unpaired) electrons. The fourth-order valence-corrected chi connectivity index (χ4v) is 1.53. The van der Waals surface area contributed by atoms with Gasteiger partial charge < -0.3 is 10.3 Å². The Morgan fingerprint density at radius 1 is 1.71 bits per heavy atom. The van der Waals surface area contributed by atoms with Crippen molar-refractivity contribution in [2.24, 2.45) is 5.73 Å². The van der Waals surface area contributed by atoms with Crippen LogP contribution in [0.3, 0.4) is 0 Å². The van der Waals surface area contributed by atoms with Crippen molar-refractivity contribution in [1.29, 1.82) is 0 Å². The molecule has 0 saturated heterocycles.